The van der Waals surface area contributed by atoms with Crippen LogP contribution in [0.25, 0.3) is 0 Å². The third-order valence-electron chi connectivity index (χ3n) is 2.42. The van der Waals surface area contributed by atoms with E-state index in [1.54, 1.807) is 0 Å². The molecule has 0 aromatic carbocycles. The van der Waals surface area contributed by atoms with Crippen LogP contribution in [0.4, 0.5) is 0 Å². The van der Waals surface area contributed by atoms with Crippen molar-refractivity contribution in [2.24, 2.45) is 0 Å². The Bertz CT molecular complexity index is 230. The number of nitrogens with zero attached hydrogens (tertiary/aromatic N) is 2. The van der Waals surface area contributed by atoms with Crippen LogP contribution in [0.2, 0.25) is 0 Å². The van der Waals surface area contributed by atoms with Gasteiger partial charge in [-0.25, -0.2) is 0 Å². The van der Waals surface area contributed by atoms with Crippen molar-refractivity contribution in [3.63, 3.8) is 0 Å². The predicted octanol–water partition coefficient (Wildman–Crippen LogP) is 0.947. The van der Waals surface area contributed by atoms with Gasteiger partial charge in [-0.3, -0.25) is 9.46 Å². The molecule has 1 atom stereocenters. The molecule has 0 N–H and O–H groups in total. The Kier molecular flexibility index (Phi) is 6.62. The van der Waals surface area contributed by atoms with Gasteiger partial charge in [-0.1, -0.05) is 21.7 Å². The van der Waals surface area contributed by atoms with E-state index in [1.807, 2.05) is 11.0 Å². The van der Waals surface area contributed by atoms with E-state index in [1.165, 1.54) is 0 Å². The maximum absolute atomic E-state index is 12.0. The van der Waals surface area contributed by atoms with E-state index in [4.69, 9.17) is 4.74 Å². The molecule has 92 valence electrons. The van der Waals surface area contributed by atoms with Gasteiger partial charge in [-0.05, 0) is 6.16 Å². The van der Waals surface area contributed by atoms with Crippen LogP contribution in [0.3, 0.4) is 0 Å². The Labute approximate surface area is 99.5 Å². The first-order chi connectivity index (χ1) is 7.77. The molecule has 1 heterocycles. The molecule has 16 heavy (non-hydrogen) atoms. The van der Waals surface area contributed by atoms with Gasteiger partial charge in [-0.2, -0.15) is 0 Å². The minimum atomic E-state index is 0.214. The molecule has 0 aromatic heterocycles. The fourth-order valence-corrected chi connectivity index (χ4v) is 2.59. The van der Waals surface area contributed by atoms with Crippen LogP contribution in [0.15, 0.2) is 12.7 Å². The highest BCUT2D eigenvalue weighted by Gasteiger charge is 2.18. The first kappa shape index (κ1) is 13.6. The number of hydrogen-bond acceptors (Lipinski definition) is 3. The van der Waals surface area contributed by atoms with Crippen LogP contribution in [0.5, 0.6) is 0 Å². The van der Waals surface area contributed by atoms with Crippen molar-refractivity contribution in [1.29, 1.82) is 0 Å². The van der Waals surface area contributed by atoms with Gasteiger partial charge < -0.3 is 9.64 Å². The highest BCUT2D eigenvalue weighted by molar-refractivity contribution is 7.35. The molecule has 1 unspecified atom stereocenters. The molecule has 1 rings (SSSR count). The Morgan fingerprint density at radius 3 is 2.81 bits per heavy atom. The quantitative estimate of drug-likeness (QED) is 0.515. The highest BCUT2D eigenvalue weighted by atomic mass is 31.1. The Balaban J connectivity index is 2.36. The smallest absolute Gasteiger partial charge is 0.237 e. The van der Waals surface area contributed by atoms with Crippen molar-refractivity contribution < 1.29 is 9.53 Å². The number of carbonyl (C=O) groups is 1. The second-order valence-corrected chi connectivity index (χ2v) is 5.33. The zero-order valence-electron chi connectivity index (χ0n) is 9.95. The molecule has 4 nitrogen and oxygen atoms in total. The Morgan fingerprint density at radius 1 is 1.56 bits per heavy atom. The monoisotopic (exact) mass is 244 g/mol. The molecule has 1 fully saturated rings. The summed E-state index contributed by atoms with van der Waals surface area (Å²) < 4.78 is 7.39. The lowest BCUT2D eigenvalue weighted by atomic mass is 10.4. The normalized spacial score (nSPS) is 17.2. The molecule has 5 heteroatoms. The first-order valence-corrected chi connectivity index (χ1v) is 6.88. The molecule has 1 saturated heterocycles. The van der Waals surface area contributed by atoms with Crippen molar-refractivity contribution in [1.82, 2.24) is 9.57 Å². The zero-order valence-corrected chi connectivity index (χ0v) is 10.9. The summed E-state index contributed by atoms with van der Waals surface area (Å²) in [5, 5.41) is 0. The van der Waals surface area contributed by atoms with Crippen LogP contribution < -0.4 is 0 Å². The van der Waals surface area contributed by atoms with Gasteiger partial charge >= 0.3 is 0 Å². The van der Waals surface area contributed by atoms with Crippen molar-refractivity contribution in [2.45, 2.75) is 6.92 Å². The SMILES string of the molecule is C=CCN(CC(=O)N1CCOCC1)PCC. The molecule has 0 saturated carbocycles. The summed E-state index contributed by atoms with van der Waals surface area (Å²) >= 11 is 0. The van der Waals surface area contributed by atoms with Crippen molar-refractivity contribution >= 4 is 14.6 Å². The molecule has 0 spiro atoms. The van der Waals surface area contributed by atoms with E-state index in [9.17, 15) is 4.79 Å². The molecular formula is C11H21N2O2P. The maximum Gasteiger partial charge on any atom is 0.237 e. The molecule has 1 aliphatic rings. The van der Waals surface area contributed by atoms with Gasteiger partial charge in [-0.15, -0.1) is 6.58 Å². The summed E-state index contributed by atoms with van der Waals surface area (Å²) in [7, 11) is 0.703. The van der Waals surface area contributed by atoms with Crippen molar-refractivity contribution in [3.8, 4) is 0 Å². The van der Waals surface area contributed by atoms with Gasteiger partial charge in [0.1, 0.15) is 0 Å². The standard InChI is InChI=1S/C11H21N2O2P/c1-3-5-13(16-4-2)10-11(14)12-6-8-15-9-7-12/h3,16H,1,4-10H2,2H3. The average Bonchev–Trinajstić information content (AvgIpc) is 2.31. The minimum Gasteiger partial charge on any atom is -0.378 e. The number of amides is 1. The summed E-state index contributed by atoms with van der Waals surface area (Å²) in [5.74, 6) is 0.214. The van der Waals surface area contributed by atoms with Gasteiger partial charge in [0.15, 0.2) is 0 Å². The predicted molar refractivity (Wildman–Crippen MR) is 68.0 cm³/mol. The average molecular weight is 244 g/mol. The van der Waals surface area contributed by atoms with E-state index < -0.39 is 0 Å². The highest BCUT2D eigenvalue weighted by Crippen LogP contribution is 2.16. The molecule has 0 bridgehead atoms. The number of ether oxygens (including phenoxy) is 1. The number of hydrogen-bond donors (Lipinski definition) is 0. The van der Waals surface area contributed by atoms with Crippen molar-refractivity contribution in [2.75, 3.05) is 45.6 Å². The molecule has 1 amide bonds. The Hall–Kier alpha value is -0.440. The summed E-state index contributed by atoms with van der Waals surface area (Å²) in [6.07, 6.45) is 2.94. The van der Waals surface area contributed by atoms with Crippen LogP contribution >= 0.6 is 8.73 Å². The fourth-order valence-electron chi connectivity index (χ4n) is 1.64. The lowest BCUT2D eigenvalue weighted by Crippen LogP contribution is -2.44. The summed E-state index contributed by atoms with van der Waals surface area (Å²) in [5.41, 5.74) is 0. The third-order valence-corrected chi connectivity index (χ3v) is 3.53. The van der Waals surface area contributed by atoms with E-state index in [0.717, 1.165) is 25.8 Å². The van der Waals surface area contributed by atoms with Gasteiger partial charge in [0.25, 0.3) is 0 Å². The lowest BCUT2D eigenvalue weighted by Gasteiger charge is -2.29. The fraction of sp³-hybridized carbons (Fsp3) is 0.727. The van der Waals surface area contributed by atoms with E-state index in [-0.39, 0.29) is 5.91 Å². The largest absolute Gasteiger partial charge is 0.378 e. The zero-order chi connectivity index (χ0) is 11.8. The number of rotatable bonds is 6. The van der Waals surface area contributed by atoms with Crippen molar-refractivity contribution in [3.05, 3.63) is 12.7 Å². The topological polar surface area (TPSA) is 32.8 Å². The number of carbonyl (C=O) groups excluding carboxylic acids is 1. The second-order valence-electron chi connectivity index (χ2n) is 3.67. The van der Waals surface area contributed by atoms with Crippen LogP contribution in [0, 0.1) is 0 Å². The third kappa shape index (κ3) is 4.60. The molecule has 0 radical (unpaired) electrons. The Morgan fingerprint density at radius 2 is 2.25 bits per heavy atom. The second kappa shape index (κ2) is 7.77. The van der Waals surface area contributed by atoms with E-state index in [2.05, 4.69) is 18.2 Å². The molecular weight excluding hydrogens is 223 g/mol. The van der Waals surface area contributed by atoms with Gasteiger partial charge in [0.2, 0.25) is 5.91 Å². The van der Waals surface area contributed by atoms with Gasteiger partial charge in [0.05, 0.1) is 19.8 Å². The lowest BCUT2D eigenvalue weighted by molar-refractivity contribution is -0.135. The number of morpholine rings is 1. The van der Waals surface area contributed by atoms with E-state index in [0.29, 0.717) is 28.5 Å². The van der Waals surface area contributed by atoms with E-state index >= 15 is 0 Å². The molecule has 1 aliphatic heterocycles. The minimum absolute atomic E-state index is 0.214. The maximum atomic E-state index is 12.0. The molecule has 0 aliphatic carbocycles. The summed E-state index contributed by atoms with van der Waals surface area (Å²) in [6, 6.07) is 0. The summed E-state index contributed by atoms with van der Waals surface area (Å²) in [6.45, 7) is 9.96. The summed E-state index contributed by atoms with van der Waals surface area (Å²) in [4.78, 5) is 13.8. The van der Waals surface area contributed by atoms with Crippen LogP contribution in [-0.4, -0.2) is 61.0 Å². The van der Waals surface area contributed by atoms with Crippen LogP contribution in [0.1, 0.15) is 6.92 Å². The van der Waals surface area contributed by atoms with Gasteiger partial charge in [0, 0.05) is 19.6 Å². The first-order valence-electron chi connectivity index (χ1n) is 5.72. The molecule has 0 aromatic rings. The van der Waals surface area contributed by atoms with Crippen LogP contribution in [-0.2, 0) is 9.53 Å².